The lowest BCUT2D eigenvalue weighted by atomic mass is 9.80. The number of benzene rings is 3. The van der Waals surface area contributed by atoms with Crippen LogP contribution < -0.4 is 32.5 Å². The number of imidazole rings is 1. The minimum absolute atomic E-state index is 0.0789. The third-order valence-electron chi connectivity index (χ3n) is 6.93. The lowest BCUT2D eigenvalue weighted by molar-refractivity contribution is -0.131. The maximum atomic E-state index is 13.5. The molecular formula is C28H30N8O7S. The lowest BCUT2D eigenvalue weighted by Crippen LogP contribution is -2.51. The first-order chi connectivity index (χ1) is 20.7. The smallest absolute Gasteiger partial charge is 0.240 e. The molecule has 4 aromatic rings. The van der Waals surface area contributed by atoms with Crippen molar-refractivity contribution < 1.29 is 33.8 Å². The van der Waals surface area contributed by atoms with E-state index in [-0.39, 0.29) is 45.6 Å². The molecule has 0 saturated heterocycles. The molecule has 0 aliphatic rings. The Morgan fingerprint density at radius 1 is 1.05 bits per heavy atom. The number of nitrogens with two attached hydrogens (primary N) is 4. The van der Waals surface area contributed by atoms with Gasteiger partial charge in [0, 0.05) is 16.7 Å². The number of aromatic nitrogens is 2. The predicted octanol–water partition coefficient (Wildman–Crippen LogP) is 1.55. The number of amides is 3. The predicted molar refractivity (Wildman–Crippen MR) is 163 cm³/mol. The topological polar surface area (TPSA) is 279 Å². The van der Waals surface area contributed by atoms with E-state index in [1.165, 1.54) is 30.3 Å². The highest BCUT2D eigenvalue weighted by molar-refractivity contribution is 7.92. The van der Waals surface area contributed by atoms with Crippen LogP contribution in [0.3, 0.4) is 0 Å². The van der Waals surface area contributed by atoms with Crippen LogP contribution in [0.25, 0.3) is 33.5 Å². The molecule has 44 heavy (non-hydrogen) atoms. The van der Waals surface area contributed by atoms with E-state index in [1.807, 2.05) is 0 Å². The van der Waals surface area contributed by atoms with Crippen molar-refractivity contribution in [1.82, 2.24) is 15.3 Å². The fraction of sp³-hybridized carbons (Fsp3) is 0.179. The first-order valence-electron chi connectivity index (χ1n) is 12.9. The van der Waals surface area contributed by atoms with Gasteiger partial charge in [0.05, 0.1) is 28.4 Å². The van der Waals surface area contributed by atoms with E-state index < -0.39 is 35.6 Å². The molecule has 1 heterocycles. The standard InChI is InChI=1S/C28H30N8O7S/c1-28(2,27(41)36-20(25(32)40)11-22(29)38)13-8-16(15-10-14(42-43-44-33)4-6-21(15)37)23(39)17(9-13)26-34-18-5-3-12(24(30)31)7-19(18)35-26/h3-10,20,37,39H,11,33H2,1-2H3,(H2,29,38)(H3,30,31)(H2,32,40)(H,34,35)(H,36,41)/t20-/m0/s1. The number of aromatic amines is 1. The van der Waals surface area contributed by atoms with Crippen LogP contribution in [-0.4, -0.2) is 49.8 Å². The third kappa shape index (κ3) is 6.51. The molecule has 15 nitrogen and oxygen atoms in total. The van der Waals surface area contributed by atoms with Gasteiger partial charge in [-0.3, -0.25) is 24.9 Å². The van der Waals surface area contributed by atoms with Crippen LogP contribution in [-0.2, 0) is 24.1 Å². The van der Waals surface area contributed by atoms with Gasteiger partial charge in [0.2, 0.25) is 17.7 Å². The second kappa shape index (κ2) is 12.5. The van der Waals surface area contributed by atoms with Gasteiger partial charge in [-0.05, 0) is 67.9 Å². The van der Waals surface area contributed by atoms with Crippen LogP contribution in [0.5, 0.6) is 17.2 Å². The zero-order valence-corrected chi connectivity index (χ0v) is 24.3. The van der Waals surface area contributed by atoms with E-state index in [1.54, 1.807) is 32.0 Å². The van der Waals surface area contributed by atoms with Crippen LogP contribution in [0.15, 0.2) is 48.5 Å². The van der Waals surface area contributed by atoms with Gasteiger partial charge in [-0.25, -0.2) is 4.98 Å². The second-order valence-corrected chi connectivity index (χ2v) is 10.6. The summed E-state index contributed by atoms with van der Waals surface area (Å²) < 4.78 is 4.71. The van der Waals surface area contributed by atoms with E-state index in [4.69, 9.17) is 37.0 Å². The molecule has 13 N–H and O–H groups in total. The van der Waals surface area contributed by atoms with E-state index in [0.29, 0.717) is 34.4 Å². The number of nitrogens with zero attached hydrogens (tertiary/aromatic N) is 1. The number of aromatic hydroxyl groups is 2. The monoisotopic (exact) mass is 622 g/mol. The first kappa shape index (κ1) is 31.6. The average molecular weight is 623 g/mol. The highest BCUT2D eigenvalue weighted by Crippen LogP contribution is 2.45. The minimum Gasteiger partial charge on any atom is -0.507 e. The zero-order chi connectivity index (χ0) is 32.3. The quantitative estimate of drug-likeness (QED) is 0.0273. The summed E-state index contributed by atoms with van der Waals surface area (Å²) in [5, 5.41) is 37.8. The number of phenolic OH excluding ortho intramolecular Hbond substituents is 2. The maximum Gasteiger partial charge on any atom is 0.240 e. The molecule has 0 bridgehead atoms. The largest absolute Gasteiger partial charge is 0.507 e. The van der Waals surface area contributed by atoms with E-state index >= 15 is 0 Å². The van der Waals surface area contributed by atoms with Gasteiger partial charge >= 0.3 is 0 Å². The van der Waals surface area contributed by atoms with Crippen molar-refractivity contribution in [3.63, 3.8) is 0 Å². The fourth-order valence-corrected chi connectivity index (χ4v) is 4.54. The average Bonchev–Trinajstić information content (AvgIpc) is 3.39. The molecule has 16 heteroatoms. The molecule has 0 unspecified atom stereocenters. The Hall–Kier alpha value is -5.32. The Kier molecular flexibility index (Phi) is 8.98. The molecule has 0 fully saturated rings. The van der Waals surface area contributed by atoms with Crippen molar-refractivity contribution in [3.05, 3.63) is 59.7 Å². The Bertz CT molecular complexity index is 1790. The summed E-state index contributed by atoms with van der Waals surface area (Å²) in [6, 6.07) is 10.6. The molecule has 0 spiro atoms. The second-order valence-electron chi connectivity index (χ2n) is 10.3. The molecule has 0 radical (unpaired) electrons. The maximum absolute atomic E-state index is 13.5. The number of nitrogen functional groups attached to an aromatic ring is 1. The molecule has 230 valence electrons. The molecule has 3 aromatic carbocycles. The molecule has 1 aromatic heterocycles. The van der Waals surface area contributed by atoms with E-state index in [9.17, 15) is 24.6 Å². The van der Waals surface area contributed by atoms with Gasteiger partial charge in [0.1, 0.15) is 41.4 Å². The summed E-state index contributed by atoms with van der Waals surface area (Å²) in [5.41, 5.74) is 16.9. The van der Waals surface area contributed by atoms with Crippen molar-refractivity contribution >= 4 is 46.8 Å². The van der Waals surface area contributed by atoms with Crippen LogP contribution in [0, 0.1) is 5.41 Å². The van der Waals surface area contributed by atoms with Gasteiger partial charge in [-0.2, -0.15) is 0 Å². The third-order valence-corrected chi connectivity index (χ3v) is 7.08. The number of carbonyl (C=O) groups excluding carboxylic acids is 3. The van der Waals surface area contributed by atoms with Crippen molar-refractivity contribution in [3.8, 4) is 39.8 Å². The van der Waals surface area contributed by atoms with Crippen molar-refractivity contribution in [2.24, 2.45) is 22.3 Å². The summed E-state index contributed by atoms with van der Waals surface area (Å²) in [7, 11) is 0. The normalized spacial score (nSPS) is 12.1. The number of amidine groups is 1. The summed E-state index contributed by atoms with van der Waals surface area (Å²) in [5.74, 6) is -2.86. The number of carbonyl (C=O) groups is 3. The number of primary amides is 2. The number of H-pyrrole nitrogens is 1. The van der Waals surface area contributed by atoms with Crippen LogP contribution in [0.2, 0.25) is 0 Å². The van der Waals surface area contributed by atoms with E-state index in [0.717, 1.165) is 0 Å². The van der Waals surface area contributed by atoms with Gasteiger partial charge in [0.25, 0.3) is 0 Å². The molecule has 4 rings (SSSR count). The van der Waals surface area contributed by atoms with Crippen molar-refractivity contribution in [1.29, 1.82) is 5.41 Å². The fourth-order valence-electron chi connectivity index (χ4n) is 4.42. The number of hydrogen-bond donors (Lipinski definition) is 9. The molecule has 1 atom stereocenters. The van der Waals surface area contributed by atoms with Gasteiger partial charge in [-0.15, -0.1) is 0 Å². The van der Waals surface area contributed by atoms with Crippen molar-refractivity contribution in [2.75, 3.05) is 0 Å². The van der Waals surface area contributed by atoms with Crippen molar-refractivity contribution in [2.45, 2.75) is 31.7 Å². The summed E-state index contributed by atoms with van der Waals surface area (Å²) >= 11 is 0.455. The van der Waals surface area contributed by atoms with Crippen LogP contribution >= 0.6 is 12.2 Å². The minimum atomic E-state index is -1.42. The Balaban J connectivity index is 1.92. The lowest BCUT2D eigenvalue weighted by Gasteiger charge is -2.28. The van der Waals surface area contributed by atoms with Crippen LogP contribution in [0.4, 0.5) is 0 Å². The highest BCUT2D eigenvalue weighted by Gasteiger charge is 2.35. The van der Waals surface area contributed by atoms with Gasteiger partial charge in [-0.1, -0.05) is 4.33 Å². The molecule has 0 aliphatic carbocycles. The Labute approximate surface area is 254 Å². The van der Waals surface area contributed by atoms with Gasteiger partial charge < -0.3 is 42.6 Å². The summed E-state index contributed by atoms with van der Waals surface area (Å²) in [6.45, 7) is 3.10. The number of rotatable bonds is 12. The highest BCUT2D eigenvalue weighted by atomic mass is 32.2. The number of hydrogen-bond acceptors (Lipinski definition) is 11. The SMILES string of the molecule is CC(C)(C(=O)N[C@@H](CC(N)=O)C(N)=O)c1cc(-c2nc3ccc(C(=N)N)cc3[nH]2)c(O)c(-c2cc(OOSN)ccc2O)c1. The van der Waals surface area contributed by atoms with E-state index in [2.05, 4.69) is 15.3 Å². The number of fused-ring (bicyclic) bond motifs is 1. The number of phenols is 2. The van der Waals surface area contributed by atoms with Gasteiger partial charge in [0.15, 0.2) is 5.75 Å². The Morgan fingerprint density at radius 2 is 1.75 bits per heavy atom. The zero-order valence-electron chi connectivity index (χ0n) is 23.5. The molecular weight excluding hydrogens is 592 g/mol. The summed E-state index contributed by atoms with van der Waals surface area (Å²) in [4.78, 5) is 49.7. The van der Waals surface area contributed by atoms with Crippen LogP contribution in [0.1, 0.15) is 31.4 Å². The molecule has 3 amide bonds. The first-order valence-corrected chi connectivity index (χ1v) is 13.7. The molecule has 0 aliphatic heterocycles. The molecule has 0 saturated carbocycles. The Morgan fingerprint density at radius 3 is 2.39 bits per heavy atom. The summed E-state index contributed by atoms with van der Waals surface area (Å²) in [6.07, 6.45) is -0.506. The number of nitrogens with one attached hydrogen (secondary N) is 3.